The monoisotopic (exact) mass is 393 g/mol. The number of benzene rings is 1. The number of β-amino-alcohol motifs (C(OH)–C–C–N with tert-alkyl or cyclic N) is 1. The van der Waals surface area contributed by atoms with Gasteiger partial charge in [-0.25, -0.2) is 0 Å². The number of hydrogen-bond donors (Lipinski definition) is 2. The molecule has 2 heterocycles. The molecule has 2 fully saturated rings. The first kappa shape index (κ1) is 21.3. The largest absolute Gasteiger partial charge is 0.497 e. The van der Waals surface area contributed by atoms with E-state index in [1.165, 1.54) is 0 Å². The van der Waals surface area contributed by atoms with Crippen LogP contribution < -0.4 is 9.47 Å². The molecule has 7 nitrogen and oxygen atoms in total. The second kappa shape index (κ2) is 10.4. The molecule has 0 aliphatic carbocycles. The number of nitrogens with zero attached hydrogens (tertiary/aromatic N) is 3. The number of aliphatic hydroxyl groups is 2. The lowest BCUT2D eigenvalue weighted by molar-refractivity contribution is 0.0334. The molecule has 0 aromatic heterocycles. The number of likely N-dealkylation sites (N-methyl/N-ethyl adjacent to an activating group) is 1. The fourth-order valence-electron chi connectivity index (χ4n) is 3.83. The minimum Gasteiger partial charge on any atom is -0.497 e. The van der Waals surface area contributed by atoms with E-state index in [0.29, 0.717) is 6.54 Å². The van der Waals surface area contributed by atoms with Crippen LogP contribution in [0.1, 0.15) is 18.4 Å². The average Bonchev–Trinajstić information content (AvgIpc) is 2.70. The van der Waals surface area contributed by atoms with Crippen LogP contribution in [0, 0.1) is 0 Å². The highest BCUT2D eigenvalue weighted by atomic mass is 16.5. The molecule has 1 aromatic carbocycles. The zero-order valence-corrected chi connectivity index (χ0v) is 17.2. The van der Waals surface area contributed by atoms with Crippen LogP contribution in [-0.2, 0) is 6.54 Å². The Morgan fingerprint density at radius 2 is 1.79 bits per heavy atom. The van der Waals surface area contributed by atoms with E-state index in [0.717, 1.165) is 75.7 Å². The molecule has 0 radical (unpaired) electrons. The second-order valence-electron chi connectivity index (χ2n) is 8.05. The van der Waals surface area contributed by atoms with Crippen molar-refractivity contribution in [3.05, 3.63) is 23.8 Å². The molecule has 1 aromatic rings. The fourth-order valence-corrected chi connectivity index (χ4v) is 3.83. The van der Waals surface area contributed by atoms with Crippen molar-refractivity contribution >= 4 is 0 Å². The molecular weight excluding hydrogens is 358 g/mol. The molecular formula is C21H35N3O4. The number of likely N-dealkylation sites (tertiary alicyclic amines) is 1. The third kappa shape index (κ3) is 6.32. The Morgan fingerprint density at radius 1 is 1.07 bits per heavy atom. The summed E-state index contributed by atoms with van der Waals surface area (Å²) in [6.07, 6.45) is 0.817. The highest BCUT2D eigenvalue weighted by Crippen LogP contribution is 2.26. The molecule has 0 saturated carbocycles. The van der Waals surface area contributed by atoms with Gasteiger partial charge in [0.1, 0.15) is 24.2 Å². The Bertz CT molecular complexity index is 599. The molecule has 0 amide bonds. The van der Waals surface area contributed by atoms with Crippen molar-refractivity contribution in [1.82, 2.24) is 14.7 Å². The highest BCUT2D eigenvalue weighted by molar-refractivity contribution is 5.40. The quantitative estimate of drug-likeness (QED) is 0.672. The second-order valence-corrected chi connectivity index (χ2v) is 8.05. The molecule has 28 heavy (non-hydrogen) atoms. The summed E-state index contributed by atoms with van der Waals surface area (Å²) in [5.74, 6) is 1.64. The van der Waals surface area contributed by atoms with E-state index >= 15 is 0 Å². The van der Waals surface area contributed by atoms with Crippen LogP contribution in [0.25, 0.3) is 0 Å². The van der Waals surface area contributed by atoms with Gasteiger partial charge < -0.3 is 29.5 Å². The molecule has 0 spiro atoms. The van der Waals surface area contributed by atoms with E-state index in [2.05, 4.69) is 21.7 Å². The van der Waals surface area contributed by atoms with Crippen LogP contribution in [0.3, 0.4) is 0 Å². The van der Waals surface area contributed by atoms with Crippen molar-refractivity contribution in [2.75, 3.05) is 66.6 Å². The zero-order chi connectivity index (χ0) is 19.9. The van der Waals surface area contributed by atoms with Gasteiger partial charge in [0.2, 0.25) is 0 Å². The number of methoxy groups -OCH3 is 1. The number of piperidine rings is 1. The molecule has 2 saturated heterocycles. The van der Waals surface area contributed by atoms with Crippen molar-refractivity contribution < 1.29 is 19.7 Å². The summed E-state index contributed by atoms with van der Waals surface area (Å²) in [4.78, 5) is 6.96. The Kier molecular flexibility index (Phi) is 7.93. The maximum absolute atomic E-state index is 10.4. The maximum atomic E-state index is 10.4. The van der Waals surface area contributed by atoms with Gasteiger partial charge in [-0.3, -0.25) is 4.90 Å². The number of ether oxygens (including phenoxy) is 2. The molecule has 2 aliphatic rings. The van der Waals surface area contributed by atoms with Gasteiger partial charge in [0.25, 0.3) is 0 Å². The van der Waals surface area contributed by atoms with Crippen LogP contribution in [0.4, 0.5) is 0 Å². The van der Waals surface area contributed by atoms with E-state index < -0.39 is 6.10 Å². The van der Waals surface area contributed by atoms with Crippen molar-refractivity contribution in [1.29, 1.82) is 0 Å². The lowest BCUT2D eigenvalue weighted by Crippen LogP contribution is -2.44. The minimum atomic E-state index is -0.547. The number of piperazine rings is 1. The number of hydrogen-bond acceptors (Lipinski definition) is 7. The Labute approximate surface area is 168 Å². The Balaban J connectivity index is 1.54. The molecule has 0 bridgehead atoms. The summed E-state index contributed by atoms with van der Waals surface area (Å²) >= 11 is 0. The Hall–Kier alpha value is -1.38. The van der Waals surface area contributed by atoms with Crippen molar-refractivity contribution in [2.45, 2.75) is 31.6 Å². The lowest BCUT2D eigenvalue weighted by Gasteiger charge is -2.33. The van der Waals surface area contributed by atoms with Crippen LogP contribution in [0.2, 0.25) is 0 Å². The lowest BCUT2D eigenvalue weighted by atomic mass is 10.1. The van der Waals surface area contributed by atoms with Crippen molar-refractivity contribution in [3.63, 3.8) is 0 Å². The predicted molar refractivity (Wildman–Crippen MR) is 109 cm³/mol. The van der Waals surface area contributed by atoms with Gasteiger partial charge in [-0.15, -0.1) is 0 Å². The smallest absolute Gasteiger partial charge is 0.124 e. The van der Waals surface area contributed by atoms with E-state index in [4.69, 9.17) is 9.47 Å². The molecule has 7 heteroatoms. The van der Waals surface area contributed by atoms with Crippen molar-refractivity contribution in [2.24, 2.45) is 0 Å². The van der Waals surface area contributed by atoms with Crippen LogP contribution >= 0.6 is 0 Å². The van der Waals surface area contributed by atoms with Crippen LogP contribution in [0.5, 0.6) is 11.5 Å². The van der Waals surface area contributed by atoms with E-state index in [-0.39, 0.29) is 12.7 Å². The SMILES string of the molecule is COc1ccc(OCC(O)CN2CCC(O)CC2)c(CN2CCN(C)CC2)c1. The van der Waals surface area contributed by atoms with E-state index in [1.807, 2.05) is 18.2 Å². The first-order chi connectivity index (χ1) is 13.5. The van der Waals surface area contributed by atoms with Gasteiger partial charge in [-0.05, 0) is 38.1 Å². The molecule has 158 valence electrons. The first-order valence-electron chi connectivity index (χ1n) is 10.3. The normalized spacial score (nSPS) is 21.6. The van der Waals surface area contributed by atoms with Gasteiger partial charge in [0.15, 0.2) is 0 Å². The summed E-state index contributed by atoms with van der Waals surface area (Å²) < 4.78 is 11.4. The summed E-state index contributed by atoms with van der Waals surface area (Å²) in [5.41, 5.74) is 1.09. The first-order valence-corrected chi connectivity index (χ1v) is 10.3. The molecule has 1 atom stereocenters. The highest BCUT2D eigenvalue weighted by Gasteiger charge is 2.20. The Morgan fingerprint density at radius 3 is 2.46 bits per heavy atom. The molecule has 2 aliphatic heterocycles. The van der Waals surface area contributed by atoms with Gasteiger partial charge >= 0.3 is 0 Å². The topological polar surface area (TPSA) is 68.6 Å². The van der Waals surface area contributed by atoms with E-state index in [1.54, 1.807) is 7.11 Å². The summed E-state index contributed by atoms with van der Waals surface area (Å²) in [7, 11) is 3.83. The van der Waals surface area contributed by atoms with Gasteiger partial charge in [0, 0.05) is 57.9 Å². The minimum absolute atomic E-state index is 0.193. The summed E-state index contributed by atoms with van der Waals surface area (Å²) in [6, 6.07) is 5.88. The van der Waals surface area contributed by atoms with Crippen LogP contribution in [-0.4, -0.2) is 104 Å². The number of aliphatic hydroxyl groups excluding tert-OH is 2. The van der Waals surface area contributed by atoms with Gasteiger partial charge in [0.05, 0.1) is 13.2 Å². The van der Waals surface area contributed by atoms with Crippen molar-refractivity contribution in [3.8, 4) is 11.5 Å². The predicted octanol–water partition coefficient (Wildman–Crippen LogP) is 0.639. The summed E-state index contributed by atoms with van der Waals surface area (Å²) in [5, 5.41) is 20.0. The maximum Gasteiger partial charge on any atom is 0.124 e. The average molecular weight is 394 g/mol. The molecule has 3 rings (SSSR count). The molecule has 2 N–H and O–H groups in total. The third-order valence-corrected chi connectivity index (χ3v) is 5.71. The summed E-state index contributed by atoms with van der Waals surface area (Å²) in [6.45, 7) is 7.54. The standard InChI is InChI=1S/C21H35N3O4/c1-22-9-11-24(12-10-22)14-17-13-20(27-2)3-4-21(17)28-16-19(26)15-23-7-5-18(25)6-8-23/h3-4,13,18-19,25-26H,5-12,14-16H2,1-2H3. The fraction of sp³-hybridized carbons (Fsp3) is 0.714. The zero-order valence-electron chi connectivity index (χ0n) is 17.2. The van der Waals surface area contributed by atoms with Crippen LogP contribution in [0.15, 0.2) is 18.2 Å². The number of rotatable bonds is 8. The van der Waals surface area contributed by atoms with Gasteiger partial charge in [-0.2, -0.15) is 0 Å². The van der Waals surface area contributed by atoms with E-state index in [9.17, 15) is 10.2 Å². The van der Waals surface area contributed by atoms with Gasteiger partial charge in [-0.1, -0.05) is 0 Å². The third-order valence-electron chi connectivity index (χ3n) is 5.71. The molecule has 1 unspecified atom stereocenters.